The van der Waals surface area contributed by atoms with Gasteiger partial charge in [-0.2, -0.15) is 11.8 Å². The quantitative estimate of drug-likeness (QED) is 0.806. The molecule has 0 unspecified atom stereocenters. The third-order valence-electron chi connectivity index (χ3n) is 3.51. The predicted molar refractivity (Wildman–Crippen MR) is 70.2 cm³/mol. The van der Waals surface area contributed by atoms with E-state index in [1.165, 1.54) is 24.3 Å². The highest BCUT2D eigenvalue weighted by Gasteiger charge is 2.25. The van der Waals surface area contributed by atoms with Crippen molar-refractivity contribution in [2.75, 3.05) is 38.2 Å². The highest BCUT2D eigenvalue weighted by atomic mass is 32.2. The van der Waals surface area contributed by atoms with E-state index in [0.717, 1.165) is 19.7 Å². The minimum Gasteiger partial charge on any atom is -0.374 e. The van der Waals surface area contributed by atoms with Gasteiger partial charge in [-0.05, 0) is 32.6 Å². The van der Waals surface area contributed by atoms with Crippen LogP contribution in [0, 0.1) is 0 Å². The summed E-state index contributed by atoms with van der Waals surface area (Å²) in [6.45, 7) is 5.28. The smallest absolute Gasteiger partial charge is 0.0852 e. The van der Waals surface area contributed by atoms with Crippen molar-refractivity contribution < 1.29 is 4.74 Å². The molecule has 4 heteroatoms. The number of nitrogens with zero attached hydrogens (tertiary/aromatic N) is 1. The molecule has 0 amide bonds. The van der Waals surface area contributed by atoms with Crippen LogP contribution in [0.3, 0.4) is 0 Å². The number of ether oxygens (including phenoxy) is 1. The molecule has 2 rings (SSSR count). The van der Waals surface area contributed by atoms with Gasteiger partial charge in [0.25, 0.3) is 0 Å². The Balaban J connectivity index is 1.75. The molecule has 3 nitrogen and oxygen atoms in total. The van der Waals surface area contributed by atoms with Crippen molar-refractivity contribution in [3.05, 3.63) is 0 Å². The molecule has 0 radical (unpaired) electrons. The average molecular weight is 244 g/mol. The fourth-order valence-electron chi connectivity index (χ4n) is 2.46. The topological polar surface area (TPSA) is 24.5 Å². The van der Waals surface area contributed by atoms with Gasteiger partial charge in [0.15, 0.2) is 0 Å². The number of morpholine rings is 1. The van der Waals surface area contributed by atoms with Crippen molar-refractivity contribution in [1.82, 2.24) is 10.2 Å². The van der Waals surface area contributed by atoms with E-state index in [1.807, 2.05) is 0 Å². The van der Waals surface area contributed by atoms with Gasteiger partial charge in [0, 0.05) is 30.9 Å². The van der Waals surface area contributed by atoms with Crippen LogP contribution in [0.15, 0.2) is 0 Å². The summed E-state index contributed by atoms with van der Waals surface area (Å²) in [6, 6.07) is 1.18. The van der Waals surface area contributed by atoms with Crippen LogP contribution in [-0.4, -0.2) is 61.3 Å². The Labute approximate surface area is 103 Å². The SMILES string of the molecule is C[C@H](N[C@@H]1CCCSC1)[C@H]1CN(C)CCO1. The van der Waals surface area contributed by atoms with Crippen LogP contribution in [0.5, 0.6) is 0 Å². The predicted octanol–water partition coefficient (Wildman–Crippen LogP) is 1.19. The first kappa shape index (κ1) is 12.7. The summed E-state index contributed by atoms with van der Waals surface area (Å²) in [7, 11) is 2.18. The van der Waals surface area contributed by atoms with E-state index < -0.39 is 0 Å². The molecule has 0 aliphatic carbocycles. The Hall–Kier alpha value is 0.230. The second kappa shape index (κ2) is 6.24. The highest BCUT2D eigenvalue weighted by Crippen LogP contribution is 2.18. The Kier molecular flexibility index (Phi) is 4.95. The van der Waals surface area contributed by atoms with E-state index in [-0.39, 0.29) is 0 Å². The monoisotopic (exact) mass is 244 g/mol. The lowest BCUT2D eigenvalue weighted by Gasteiger charge is -2.36. The van der Waals surface area contributed by atoms with Gasteiger partial charge in [0.1, 0.15) is 0 Å². The lowest BCUT2D eigenvalue weighted by Crippen LogP contribution is -2.53. The lowest BCUT2D eigenvalue weighted by molar-refractivity contribution is -0.0369. The van der Waals surface area contributed by atoms with E-state index in [9.17, 15) is 0 Å². The molecule has 3 atom stereocenters. The maximum absolute atomic E-state index is 5.84. The summed E-state index contributed by atoms with van der Waals surface area (Å²) in [5.74, 6) is 2.61. The molecule has 16 heavy (non-hydrogen) atoms. The zero-order valence-electron chi connectivity index (χ0n) is 10.4. The van der Waals surface area contributed by atoms with Crippen molar-refractivity contribution in [3.8, 4) is 0 Å². The van der Waals surface area contributed by atoms with Crippen LogP contribution in [-0.2, 0) is 4.74 Å². The molecule has 0 spiro atoms. The molecule has 2 aliphatic heterocycles. The van der Waals surface area contributed by atoms with E-state index in [2.05, 4.69) is 35.9 Å². The molecular weight excluding hydrogens is 220 g/mol. The van der Waals surface area contributed by atoms with Gasteiger partial charge in [-0.25, -0.2) is 0 Å². The normalized spacial score (nSPS) is 34.9. The third kappa shape index (κ3) is 3.62. The summed E-state index contributed by atoms with van der Waals surface area (Å²) in [5.41, 5.74) is 0. The van der Waals surface area contributed by atoms with Gasteiger partial charge in [-0.3, -0.25) is 0 Å². The first-order valence-electron chi connectivity index (χ1n) is 6.39. The Morgan fingerprint density at radius 3 is 3.06 bits per heavy atom. The Bertz CT molecular complexity index is 209. The molecule has 2 fully saturated rings. The third-order valence-corrected chi connectivity index (χ3v) is 4.73. The maximum atomic E-state index is 5.84. The van der Waals surface area contributed by atoms with E-state index >= 15 is 0 Å². The molecule has 2 heterocycles. The summed E-state index contributed by atoms with van der Waals surface area (Å²) in [5, 5.41) is 3.74. The molecule has 2 saturated heterocycles. The largest absolute Gasteiger partial charge is 0.374 e. The minimum absolute atomic E-state index is 0.366. The van der Waals surface area contributed by atoms with Gasteiger partial charge < -0.3 is 15.0 Å². The van der Waals surface area contributed by atoms with Gasteiger partial charge >= 0.3 is 0 Å². The molecule has 2 aliphatic rings. The van der Waals surface area contributed by atoms with Gasteiger partial charge in [0.05, 0.1) is 12.7 Å². The zero-order valence-corrected chi connectivity index (χ0v) is 11.3. The molecule has 0 aromatic rings. The van der Waals surface area contributed by atoms with Crippen LogP contribution in [0.1, 0.15) is 19.8 Å². The number of rotatable bonds is 3. The summed E-state index contributed by atoms with van der Waals surface area (Å²) in [4.78, 5) is 2.36. The molecule has 0 aromatic heterocycles. The summed E-state index contributed by atoms with van der Waals surface area (Å²) in [6.07, 6.45) is 3.06. The lowest BCUT2D eigenvalue weighted by atomic mass is 10.1. The van der Waals surface area contributed by atoms with Gasteiger partial charge in [-0.1, -0.05) is 0 Å². The van der Waals surface area contributed by atoms with Crippen LogP contribution < -0.4 is 5.32 Å². The number of thioether (sulfide) groups is 1. The fraction of sp³-hybridized carbons (Fsp3) is 1.00. The molecule has 0 aromatic carbocycles. The van der Waals surface area contributed by atoms with Gasteiger partial charge in [0.2, 0.25) is 0 Å². The number of hydrogen-bond donors (Lipinski definition) is 1. The summed E-state index contributed by atoms with van der Waals surface area (Å²) < 4.78 is 5.84. The van der Waals surface area contributed by atoms with Crippen LogP contribution >= 0.6 is 11.8 Å². The van der Waals surface area contributed by atoms with Crippen molar-refractivity contribution in [2.45, 2.75) is 38.0 Å². The van der Waals surface area contributed by atoms with E-state index in [1.54, 1.807) is 0 Å². The molecule has 0 saturated carbocycles. The van der Waals surface area contributed by atoms with Crippen LogP contribution in [0.2, 0.25) is 0 Å². The first-order valence-corrected chi connectivity index (χ1v) is 7.55. The average Bonchev–Trinajstić information content (AvgIpc) is 2.30. The minimum atomic E-state index is 0.366. The second-order valence-electron chi connectivity index (χ2n) is 5.04. The van der Waals surface area contributed by atoms with E-state index in [4.69, 9.17) is 4.74 Å². The fourth-order valence-corrected chi connectivity index (χ4v) is 3.55. The molecule has 94 valence electrons. The zero-order chi connectivity index (χ0) is 11.4. The van der Waals surface area contributed by atoms with Crippen LogP contribution in [0.4, 0.5) is 0 Å². The number of likely N-dealkylation sites (N-methyl/N-ethyl adjacent to an activating group) is 1. The van der Waals surface area contributed by atoms with E-state index in [0.29, 0.717) is 18.2 Å². The summed E-state index contributed by atoms with van der Waals surface area (Å²) >= 11 is 2.08. The first-order chi connectivity index (χ1) is 7.75. The van der Waals surface area contributed by atoms with Crippen LogP contribution in [0.25, 0.3) is 0 Å². The molecular formula is C12H24N2OS. The molecule has 1 N–H and O–H groups in total. The van der Waals surface area contributed by atoms with Crippen molar-refractivity contribution >= 4 is 11.8 Å². The number of hydrogen-bond acceptors (Lipinski definition) is 4. The second-order valence-corrected chi connectivity index (χ2v) is 6.19. The number of nitrogens with one attached hydrogen (secondary N) is 1. The van der Waals surface area contributed by atoms with Crippen molar-refractivity contribution in [1.29, 1.82) is 0 Å². The standard InChI is InChI=1S/C12H24N2OS/c1-10(12-8-14(2)5-6-15-12)13-11-4-3-7-16-9-11/h10-13H,3-9H2,1-2H3/t10-,11+,12+/m0/s1. The Morgan fingerprint density at radius 2 is 2.38 bits per heavy atom. The maximum Gasteiger partial charge on any atom is 0.0852 e. The molecule has 0 bridgehead atoms. The Morgan fingerprint density at radius 1 is 1.50 bits per heavy atom. The van der Waals surface area contributed by atoms with Crippen molar-refractivity contribution in [2.24, 2.45) is 0 Å². The van der Waals surface area contributed by atoms with Crippen molar-refractivity contribution in [3.63, 3.8) is 0 Å². The highest BCUT2D eigenvalue weighted by molar-refractivity contribution is 7.99. The van der Waals surface area contributed by atoms with Gasteiger partial charge in [-0.15, -0.1) is 0 Å².